The summed E-state index contributed by atoms with van der Waals surface area (Å²) >= 11 is 1.89. The van der Waals surface area contributed by atoms with E-state index in [0.29, 0.717) is 6.04 Å². The van der Waals surface area contributed by atoms with Gasteiger partial charge in [0, 0.05) is 55.9 Å². The summed E-state index contributed by atoms with van der Waals surface area (Å²) in [6.07, 6.45) is 4.85. The highest BCUT2D eigenvalue weighted by molar-refractivity contribution is 7.13. The Bertz CT molecular complexity index is 882. The maximum absolute atomic E-state index is 6.10. The molecule has 3 aliphatic rings. The van der Waals surface area contributed by atoms with Crippen LogP contribution in [0, 0.1) is 6.92 Å². The van der Waals surface area contributed by atoms with Crippen molar-refractivity contribution >= 4 is 28.4 Å². The fourth-order valence-corrected chi connectivity index (χ4v) is 5.89. The van der Waals surface area contributed by atoms with Crippen molar-refractivity contribution in [2.75, 3.05) is 49.5 Å². The van der Waals surface area contributed by atoms with Crippen LogP contribution in [-0.2, 0) is 0 Å². The Morgan fingerprint density at radius 1 is 1.10 bits per heavy atom. The number of rotatable bonds is 4. The Labute approximate surface area is 191 Å². The molecule has 1 aromatic heterocycles. The fraction of sp³-hybridized carbons (Fsp3) is 0.520. The number of hydrogen-bond donors (Lipinski definition) is 3. The van der Waals surface area contributed by atoms with Crippen LogP contribution in [-0.4, -0.2) is 50.2 Å². The van der Waals surface area contributed by atoms with E-state index < -0.39 is 0 Å². The first-order chi connectivity index (χ1) is 15.2. The first-order valence-corrected chi connectivity index (χ1v) is 12.7. The van der Waals surface area contributed by atoms with E-state index in [2.05, 4.69) is 63.8 Å². The summed E-state index contributed by atoms with van der Waals surface area (Å²) in [6, 6.07) is 12.1. The van der Waals surface area contributed by atoms with Crippen molar-refractivity contribution in [2.24, 2.45) is 5.73 Å². The smallest absolute Gasteiger partial charge is 0.0736 e. The van der Waals surface area contributed by atoms with Gasteiger partial charge in [-0.05, 0) is 49.6 Å². The lowest BCUT2D eigenvalue weighted by Gasteiger charge is -2.33. The average Bonchev–Trinajstić information content (AvgIpc) is 3.46. The lowest BCUT2D eigenvalue weighted by Crippen LogP contribution is -2.43. The predicted molar refractivity (Wildman–Crippen MR) is 135 cm³/mol. The summed E-state index contributed by atoms with van der Waals surface area (Å²) in [5.41, 5.74) is 11.4. The van der Waals surface area contributed by atoms with Gasteiger partial charge in [0.2, 0.25) is 0 Å². The molecule has 0 saturated carbocycles. The molecule has 31 heavy (non-hydrogen) atoms. The van der Waals surface area contributed by atoms with E-state index in [1.807, 2.05) is 25.2 Å². The molecule has 2 atom stereocenters. The predicted octanol–water partition coefficient (Wildman–Crippen LogP) is 4.42. The first kappa shape index (κ1) is 22.2. The topological polar surface area (TPSA) is 56.6 Å². The van der Waals surface area contributed by atoms with E-state index in [-0.39, 0.29) is 6.04 Å². The molecule has 2 fully saturated rings. The maximum atomic E-state index is 6.10. The lowest BCUT2D eigenvalue weighted by atomic mass is 10.00. The molecular weight excluding hydrogens is 402 g/mol. The van der Waals surface area contributed by atoms with Crippen molar-refractivity contribution in [3.05, 3.63) is 51.7 Å². The highest BCUT2D eigenvalue weighted by Crippen LogP contribution is 2.44. The van der Waals surface area contributed by atoms with Gasteiger partial charge < -0.3 is 26.2 Å². The van der Waals surface area contributed by atoms with Gasteiger partial charge in [-0.3, -0.25) is 0 Å². The summed E-state index contributed by atoms with van der Waals surface area (Å²) in [7, 11) is 0. The summed E-state index contributed by atoms with van der Waals surface area (Å²) in [4.78, 5) is 7.74. The van der Waals surface area contributed by atoms with Gasteiger partial charge in [0.05, 0.1) is 22.3 Å². The van der Waals surface area contributed by atoms with E-state index in [4.69, 9.17) is 5.73 Å². The van der Waals surface area contributed by atoms with Gasteiger partial charge in [-0.15, -0.1) is 11.3 Å². The monoisotopic (exact) mass is 439 g/mol. The van der Waals surface area contributed by atoms with Crippen LogP contribution in [0.1, 0.15) is 48.0 Å². The molecule has 1 aromatic carbocycles. The van der Waals surface area contributed by atoms with Gasteiger partial charge in [-0.25, -0.2) is 0 Å². The number of piperazine rings is 1. The molecule has 5 rings (SSSR count). The zero-order valence-electron chi connectivity index (χ0n) is 19.2. The Hall–Kier alpha value is -2.02. The minimum atomic E-state index is 0.197. The van der Waals surface area contributed by atoms with Gasteiger partial charge in [-0.2, -0.15) is 0 Å². The second-order valence-corrected chi connectivity index (χ2v) is 9.58. The fourth-order valence-electron chi connectivity index (χ4n) is 4.87. The maximum Gasteiger partial charge on any atom is 0.0736 e. The van der Waals surface area contributed by atoms with Gasteiger partial charge in [0.15, 0.2) is 0 Å². The highest BCUT2D eigenvalue weighted by atomic mass is 32.1. The largest absolute Gasteiger partial charge is 0.373 e. The summed E-state index contributed by atoms with van der Waals surface area (Å²) in [6.45, 7) is 12.3. The number of fused-ring (bicyclic) bond motifs is 1. The quantitative estimate of drug-likeness (QED) is 0.658. The lowest BCUT2D eigenvalue weighted by molar-refractivity contribution is 0.375. The molecule has 0 radical (unpaired) electrons. The third kappa shape index (κ3) is 4.61. The Morgan fingerprint density at radius 2 is 1.84 bits per heavy atom. The Balaban J connectivity index is 0.00000112. The van der Waals surface area contributed by atoms with Crippen molar-refractivity contribution in [1.29, 1.82) is 0 Å². The molecule has 2 unspecified atom stereocenters. The number of thiophene rings is 1. The molecule has 4 heterocycles. The molecule has 2 aromatic rings. The van der Waals surface area contributed by atoms with Crippen molar-refractivity contribution in [1.82, 2.24) is 10.2 Å². The third-order valence-corrected chi connectivity index (χ3v) is 7.49. The number of benzene rings is 1. The van der Waals surface area contributed by atoms with Crippen LogP contribution < -0.4 is 21.3 Å². The number of likely N-dealkylation sites (tertiary alicyclic amines) is 1. The third-order valence-electron chi connectivity index (χ3n) is 6.42. The van der Waals surface area contributed by atoms with Gasteiger partial charge >= 0.3 is 0 Å². The number of nitrogens with zero attached hydrogens (tertiary/aromatic N) is 2. The van der Waals surface area contributed by atoms with Crippen LogP contribution in [0.3, 0.4) is 0 Å². The molecule has 168 valence electrons. The van der Waals surface area contributed by atoms with Crippen LogP contribution in [0.4, 0.5) is 11.4 Å². The zero-order chi connectivity index (χ0) is 21.8. The van der Waals surface area contributed by atoms with E-state index in [1.165, 1.54) is 45.2 Å². The number of hydrogen-bond acceptors (Lipinski definition) is 6. The number of nitrogens with two attached hydrogens (primary N) is 1. The normalized spacial score (nSPS) is 22.9. The Morgan fingerprint density at radius 3 is 2.55 bits per heavy atom. The summed E-state index contributed by atoms with van der Waals surface area (Å²) in [5.74, 6) is 0. The molecule has 5 nitrogen and oxygen atoms in total. The molecule has 6 heteroatoms. The molecule has 3 aliphatic heterocycles. The van der Waals surface area contributed by atoms with Crippen molar-refractivity contribution in [3.63, 3.8) is 0 Å². The van der Waals surface area contributed by atoms with Crippen LogP contribution >= 0.6 is 11.3 Å². The van der Waals surface area contributed by atoms with E-state index >= 15 is 0 Å². The standard InChI is InChI=1S/C23H31N5S.C2H6/c1-16-13-21-23(29-16)22(28-10-2-3-19(28)15-24)14-20(26-21)17-4-6-18(7-5-17)27-11-8-25-9-12-27;1-2/h4-7,13-14,19-20,25-26H,2-3,8-12,15,24H2,1H3;1-2H3. The van der Waals surface area contributed by atoms with E-state index in [9.17, 15) is 0 Å². The van der Waals surface area contributed by atoms with Gasteiger partial charge in [0.25, 0.3) is 0 Å². The van der Waals surface area contributed by atoms with Gasteiger partial charge in [-0.1, -0.05) is 26.0 Å². The minimum Gasteiger partial charge on any atom is -0.373 e. The number of nitrogens with one attached hydrogen (secondary N) is 2. The SMILES string of the molecule is CC.Cc1cc2c(s1)C(N1CCCC1CN)=CC(c1ccc(N3CCNCC3)cc1)N2. The van der Waals surface area contributed by atoms with E-state index in [1.54, 1.807) is 0 Å². The molecule has 0 spiro atoms. The van der Waals surface area contributed by atoms with E-state index in [0.717, 1.165) is 39.3 Å². The molecule has 0 amide bonds. The van der Waals surface area contributed by atoms with Crippen LogP contribution in [0.15, 0.2) is 36.4 Å². The van der Waals surface area contributed by atoms with Crippen molar-refractivity contribution in [3.8, 4) is 0 Å². The number of anilines is 2. The minimum absolute atomic E-state index is 0.197. The van der Waals surface area contributed by atoms with Crippen LogP contribution in [0.25, 0.3) is 5.70 Å². The Kier molecular flexibility index (Phi) is 7.20. The summed E-state index contributed by atoms with van der Waals surface area (Å²) < 4.78 is 0. The second kappa shape index (κ2) is 10.1. The first-order valence-electron chi connectivity index (χ1n) is 11.8. The second-order valence-electron chi connectivity index (χ2n) is 8.33. The van der Waals surface area contributed by atoms with Crippen molar-refractivity contribution in [2.45, 2.75) is 45.7 Å². The number of aryl methyl sites for hydroxylation is 1. The average molecular weight is 440 g/mol. The summed E-state index contributed by atoms with van der Waals surface area (Å²) in [5, 5.41) is 7.20. The molecule has 2 saturated heterocycles. The zero-order valence-corrected chi connectivity index (χ0v) is 20.0. The molecular formula is C25H37N5S. The molecule has 0 aliphatic carbocycles. The molecule has 0 bridgehead atoms. The molecule has 4 N–H and O–H groups in total. The highest BCUT2D eigenvalue weighted by Gasteiger charge is 2.31. The van der Waals surface area contributed by atoms with Crippen LogP contribution in [0.2, 0.25) is 0 Å². The van der Waals surface area contributed by atoms with Gasteiger partial charge in [0.1, 0.15) is 0 Å². The van der Waals surface area contributed by atoms with Crippen molar-refractivity contribution < 1.29 is 0 Å². The van der Waals surface area contributed by atoms with Crippen LogP contribution in [0.5, 0.6) is 0 Å².